The predicted octanol–water partition coefficient (Wildman–Crippen LogP) is 22.2. The summed E-state index contributed by atoms with van der Waals surface area (Å²) in [5.41, 5.74) is 17.9. The van der Waals surface area contributed by atoms with Crippen molar-refractivity contribution in [2.75, 3.05) is 71.8 Å². The number of methoxy groups -OCH3 is 2. The van der Waals surface area contributed by atoms with Crippen molar-refractivity contribution in [1.29, 1.82) is 0 Å². The van der Waals surface area contributed by atoms with Gasteiger partial charge in [-0.05, 0) is 150 Å². The van der Waals surface area contributed by atoms with Crippen LogP contribution in [0.25, 0.3) is 22.1 Å². The smallest absolute Gasteiger partial charge is 0.339 e. The van der Waals surface area contributed by atoms with Crippen LogP contribution in [-0.2, 0) is 65.4 Å². The van der Waals surface area contributed by atoms with Crippen molar-refractivity contribution in [2.24, 2.45) is 10.2 Å². The third-order valence-electron chi connectivity index (χ3n) is 22.2. The van der Waals surface area contributed by atoms with Gasteiger partial charge in [0.1, 0.15) is 11.5 Å². The van der Waals surface area contributed by atoms with E-state index in [9.17, 15) is 49.2 Å². The summed E-state index contributed by atoms with van der Waals surface area (Å²) in [6.07, 6.45) is 42.7. The summed E-state index contributed by atoms with van der Waals surface area (Å²) >= 11 is 6.30. The Kier molecular flexibility index (Phi) is 48.9. The van der Waals surface area contributed by atoms with Crippen molar-refractivity contribution in [3.63, 3.8) is 0 Å². The number of amides is 6. The number of rotatable bonds is 56. The van der Waals surface area contributed by atoms with Crippen molar-refractivity contribution >= 4 is 122 Å². The maximum atomic E-state index is 12.8. The highest BCUT2D eigenvalue weighted by Gasteiger charge is 2.25. The second-order valence-corrected chi connectivity index (χ2v) is 38.7. The summed E-state index contributed by atoms with van der Waals surface area (Å²) < 4.78 is 107. The quantitative estimate of drug-likeness (QED) is 0.00997. The van der Waals surface area contributed by atoms with Gasteiger partial charge in [-0.2, -0.15) is 0 Å². The fourth-order valence-electron chi connectivity index (χ4n) is 15.2. The van der Waals surface area contributed by atoms with E-state index >= 15 is 0 Å². The highest BCUT2D eigenvalue weighted by molar-refractivity contribution is 7.94. The molecule has 0 bridgehead atoms. The lowest BCUT2D eigenvalue weighted by molar-refractivity contribution is 0.0488. The molecule has 0 aliphatic carbocycles. The largest absolute Gasteiger partial charge is 0.495 e. The monoisotopic (exact) mass is 1860 g/mol. The van der Waals surface area contributed by atoms with Crippen LogP contribution in [0.4, 0.5) is 42.8 Å². The molecule has 129 heavy (non-hydrogen) atoms. The van der Waals surface area contributed by atoms with Crippen LogP contribution in [0.2, 0.25) is 5.02 Å². The Labute approximate surface area is 771 Å². The maximum absolute atomic E-state index is 12.8. The Hall–Kier alpha value is -10.1. The number of benzene rings is 6. The fraction of sp³-hybridized carbons (Fsp3) is 0.552. The van der Waals surface area contributed by atoms with Crippen LogP contribution in [-0.4, -0.2) is 119 Å². The molecular weight excluding hydrogens is 1720 g/mol. The number of nitrogens with one attached hydrogen (secondary N) is 8. The number of unbranched alkanes of at least 4 members (excludes halogenated alkanes) is 31. The summed E-state index contributed by atoms with van der Waals surface area (Å²) in [5, 5.41) is 17.1. The van der Waals surface area contributed by atoms with E-state index in [1.54, 1.807) is 37.3 Å². The number of sulfone groups is 2. The lowest BCUT2D eigenvalue weighted by atomic mass is 10.0. The van der Waals surface area contributed by atoms with Gasteiger partial charge in [-0.15, -0.1) is 10.2 Å². The van der Waals surface area contributed by atoms with E-state index in [2.05, 4.69) is 73.3 Å². The second kappa shape index (κ2) is 58.6. The fourth-order valence-corrected chi connectivity index (χ4v) is 19.0. The van der Waals surface area contributed by atoms with Crippen LogP contribution in [0.1, 0.15) is 293 Å². The van der Waals surface area contributed by atoms with Crippen LogP contribution < -0.4 is 63.1 Å². The van der Waals surface area contributed by atoms with Crippen LogP contribution >= 0.6 is 11.6 Å². The van der Waals surface area contributed by atoms with Crippen molar-refractivity contribution in [3.8, 4) is 11.5 Å². The normalized spacial score (nSPS) is 11.4. The number of para-hydroxylation sites is 4. The average molecular weight is 1870 g/mol. The zero-order chi connectivity index (χ0) is 94.0. The van der Waals surface area contributed by atoms with Gasteiger partial charge in [0, 0.05) is 38.7 Å². The number of esters is 2. The first kappa shape index (κ1) is 108. The number of fused-ring (bicyclic) bond motifs is 2. The maximum Gasteiger partial charge on any atom is 0.339 e. The van der Waals surface area contributed by atoms with Gasteiger partial charge in [-0.1, -0.05) is 256 Å². The minimum absolute atomic E-state index is 0.0167. The summed E-state index contributed by atoms with van der Waals surface area (Å²) in [5.74, 6) is -0.173. The van der Waals surface area contributed by atoms with Gasteiger partial charge in [-0.3, -0.25) is 15.6 Å². The van der Waals surface area contributed by atoms with Crippen molar-refractivity contribution < 1.29 is 68.2 Å². The van der Waals surface area contributed by atoms with E-state index in [4.69, 9.17) is 30.5 Å². The summed E-state index contributed by atoms with van der Waals surface area (Å²) in [6.45, 7) is 20.0. The van der Waals surface area contributed by atoms with Gasteiger partial charge in [0.25, 0.3) is 0 Å². The Morgan fingerprint density at radius 3 is 1.09 bits per heavy atom. The number of hydrogen-bond donors (Lipinski definition) is 8. The van der Waals surface area contributed by atoms with Crippen molar-refractivity contribution in [1.82, 2.24) is 34.5 Å². The van der Waals surface area contributed by atoms with Gasteiger partial charge < -0.3 is 53.2 Å². The molecule has 0 fully saturated rings. The highest BCUT2D eigenvalue weighted by Crippen LogP contribution is 2.32. The number of aromatic nitrogens is 4. The van der Waals surface area contributed by atoms with E-state index in [-0.39, 0.29) is 33.5 Å². The number of urea groups is 3. The molecule has 8 aromatic rings. The van der Waals surface area contributed by atoms with Gasteiger partial charge in [-0.25, -0.2) is 60.1 Å². The molecule has 0 unspecified atom stereocenters. The number of anilines is 5. The van der Waals surface area contributed by atoms with Gasteiger partial charge in [0.2, 0.25) is 21.3 Å². The zero-order valence-electron chi connectivity index (χ0n) is 78.4. The van der Waals surface area contributed by atoms with Crippen LogP contribution in [0.5, 0.6) is 11.5 Å². The first-order valence-corrected chi connectivity index (χ1v) is 52.4. The molecule has 0 aliphatic heterocycles. The molecule has 6 amide bonds. The predicted molar refractivity (Wildman–Crippen MR) is 521 cm³/mol. The number of carbonyl (C=O) groups excluding carboxylic acids is 5. The van der Waals surface area contributed by atoms with E-state index in [0.717, 1.165) is 92.0 Å². The summed E-state index contributed by atoms with van der Waals surface area (Å²) in [6, 6.07) is 30.6. The first-order chi connectivity index (χ1) is 62.1. The van der Waals surface area contributed by atoms with Gasteiger partial charge in [0.15, 0.2) is 19.7 Å². The SMILES string of the molecule is CCCCCCCCCCCCCCCCS(=O)(=O)Nc1ccc(OC)c(NC(=O)NNc2cc(S(C)(=O)=O)c(S(C)(=O)=O)cc2C)c1.CCCCCCCCCCCCOC(=O)c1ccc(Cl)c(NC(=O)NN=c2n(CC)c3ccccc3n2CC)c1.CCCCCCCCCCCCOC(=O)c1ccc(OC)c(NC(=O)NN=c2n(CC)c3ccccc3n2CC)c1. The number of sulfonamides is 1. The summed E-state index contributed by atoms with van der Waals surface area (Å²) in [7, 11) is -8.46. The third kappa shape index (κ3) is 37.4. The van der Waals surface area contributed by atoms with E-state index in [0.29, 0.717) is 95.9 Å². The molecule has 6 aromatic carbocycles. The molecule has 0 saturated carbocycles. The number of nitrogens with zero attached hydrogens (tertiary/aromatic N) is 6. The molecule has 0 saturated heterocycles. The molecule has 2 aromatic heterocycles. The third-order valence-corrected chi connectivity index (χ3v) is 26.3. The Morgan fingerprint density at radius 1 is 0.380 bits per heavy atom. The lowest BCUT2D eigenvalue weighted by Gasteiger charge is -2.17. The summed E-state index contributed by atoms with van der Waals surface area (Å²) in [4.78, 5) is 62.8. The van der Waals surface area contributed by atoms with Crippen LogP contribution in [0.15, 0.2) is 135 Å². The molecule has 33 heteroatoms. The molecule has 0 atom stereocenters. The second-order valence-electron chi connectivity index (χ2n) is 32.4. The number of carbonyl (C=O) groups is 5. The number of aryl methyl sites for hydroxylation is 5. The molecule has 2 heterocycles. The highest BCUT2D eigenvalue weighted by atomic mass is 35.5. The van der Waals surface area contributed by atoms with Crippen molar-refractivity contribution in [3.05, 3.63) is 148 Å². The number of hydrogen-bond acceptors (Lipinski definition) is 18. The van der Waals surface area contributed by atoms with Gasteiger partial charge >= 0.3 is 30.0 Å². The van der Waals surface area contributed by atoms with E-state index in [1.165, 1.54) is 205 Å². The lowest BCUT2D eigenvalue weighted by Crippen LogP contribution is -2.34. The molecule has 0 radical (unpaired) electrons. The van der Waals surface area contributed by atoms with Crippen LogP contribution in [0.3, 0.4) is 0 Å². The molecule has 0 spiro atoms. The molecule has 8 rings (SSSR count). The van der Waals surface area contributed by atoms with E-state index < -0.39 is 64.6 Å². The zero-order valence-corrected chi connectivity index (χ0v) is 81.6. The molecular formula is C96H145ClN14O15S3. The number of imidazole rings is 2. The first-order valence-electron chi connectivity index (χ1n) is 46.6. The Morgan fingerprint density at radius 2 is 0.713 bits per heavy atom. The topological polar surface area (TPSA) is 365 Å². The Bertz CT molecular complexity index is 5250. The van der Waals surface area contributed by atoms with Crippen molar-refractivity contribution in [2.45, 2.75) is 310 Å². The molecule has 8 N–H and O–H groups in total. The Balaban J connectivity index is 0.000000300. The number of ether oxygens (including phenoxy) is 4. The minimum Gasteiger partial charge on any atom is -0.495 e. The average Bonchev–Trinajstić information content (AvgIpc) is 1.51. The number of hydrazine groups is 1. The molecule has 29 nitrogen and oxygen atoms in total. The number of halogens is 1. The molecule has 0 aliphatic rings. The van der Waals surface area contributed by atoms with Crippen LogP contribution in [0, 0.1) is 6.92 Å². The molecule has 714 valence electrons. The van der Waals surface area contributed by atoms with E-state index in [1.807, 2.05) is 94.5 Å². The van der Waals surface area contributed by atoms with Gasteiger partial charge in [0.05, 0.1) is 110 Å². The standard InChI is InChI=1S/C33H54N4O8S3.C32H47N5O4.C31H44ClN5O3/c1-6-7-8-9-10-11-12-13-14-15-16-17-18-19-22-48(43,44)37-27-20-21-30(45-3)29(24-27)34-33(38)36-35-28-25-32(47(5,41)42)31(23-26(28)2)46(4,39)40;1-5-8-9-10-11-12-13-14-15-18-23-41-30(38)25-21-22-29(40-4)26(24-25)33-31(39)34-35-32-36(6-2)27-19-16-17-20-28(27)37(32)7-3;1-4-7-8-9-10-11-12-13-14-17-22-40-29(38)24-20-21-25(32)26(23-24)33-30(39)34-35-31-36(5-2)27-18-15-16-19-28(27)37(31)6-3/h20-21,23-25,35,37H,6-19,22H2,1-5H3,(H2,34,36,38);16-17,19-22,24H,5-15,18,23H2,1-4H3,(H2,33,34,39);15-16,18-21,23H,4-14,17,22H2,1-3H3,(H2,33,34,39). The minimum atomic E-state index is -3.91.